The van der Waals surface area contributed by atoms with Gasteiger partial charge in [0.25, 0.3) is 0 Å². The smallest absolute Gasteiger partial charge is 0.186 e. The Balaban J connectivity index is 1.22. The molecule has 11 nitrogen and oxygen atoms in total. The first kappa shape index (κ1) is 29.6. The second-order valence-corrected chi connectivity index (χ2v) is 16.3. The Bertz CT molecular complexity index is 1910. The zero-order chi connectivity index (χ0) is 32.1. The molecular weight excluding hydrogens is 611 g/mol. The van der Waals surface area contributed by atoms with E-state index in [2.05, 4.69) is 27.6 Å². The molecule has 4 aromatic rings. The molecule has 4 aromatic heterocycles. The van der Waals surface area contributed by atoms with E-state index in [1.54, 1.807) is 11.3 Å². The number of hydrogen-bond acceptors (Lipinski definition) is 11. The molecule has 2 aliphatic heterocycles. The Kier molecular flexibility index (Phi) is 6.76. The number of aromatic nitrogens is 5. The van der Waals surface area contributed by atoms with Crippen LogP contribution >= 0.6 is 11.3 Å². The molecular formula is C35H43N9O2S. The molecule has 0 radical (unpaired) electrons. The number of fused-ring (bicyclic) bond motifs is 6. The van der Waals surface area contributed by atoms with Crippen LogP contribution in [0.3, 0.4) is 0 Å². The third kappa shape index (κ3) is 4.42. The van der Waals surface area contributed by atoms with Gasteiger partial charge in [-0.25, -0.2) is 14.6 Å². The van der Waals surface area contributed by atoms with E-state index in [1.165, 1.54) is 24.1 Å². The highest BCUT2D eigenvalue weighted by molar-refractivity contribution is 7.16. The SMILES string of the molecule is CN1CCC2CCCC(n3ncc4c(N5CCCC(C)(O)C5)nc(-c5noc6c5CCCC65CCCc6sc(N)c(C#N)c65)nc43)C21. The van der Waals surface area contributed by atoms with Crippen molar-refractivity contribution in [2.24, 2.45) is 5.92 Å². The van der Waals surface area contributed by atoms with Gasteiger partial charge in [0, 0.05) is 29.6 Å². The van der Waals surface area contributed by atoms with Crippen molar-refractivity contribution in [3.8, 4) is 17.6 Å². The minimum absolute atomic E-state index is 0.238. The lowest BCUT2D eigenvalue weighted by atomic mass is 9.63. The number of nitrogen functional groups attached to an aromatic ring is 1. The molecule has 0 bridgehead atoms. The first-order valence-corrected chi connectivity index (χ1v) is 18.3. The number of piperidine rings is 1. The van der Waals surface area contributed by atoms with Gasteiger partial charge >= 0.3 is 0 Å². The van der Waals surface area contributed by atoms with Gasteiger partial charge in [-0.05, 0) is 103 Å². The number of aryl methyl sites for hydroxylation is 1. The monoisotopic (exact) mass is 653 g/mol. The second-order valence-electron chi connectivity index (χ2n) is 15.1. The van der Waals surface area contributed by atoms with Crippen LogP contribution in [0.4, 0.5) is 10.8 Å². The Morgan fingerprint density at radius 3 is 2.77 bits per heavy atom. The maximum atomic E-state index is 11.1. The topological polar surface area (TPSA) is 146 Å². The van der Waals surface area contributed by atoms with E-state index in [9.17, 15) is 10.4 Å². The van der Waals surface area contributed by atoms with Gasteiger partial charge in [-0.15, -0.1) is 11.3 Å². The van der Waals surface area contributed by atoms with Gasteiger partial charge in [0.2, 0.25) is 0 Å². The molecule has 5 atom stereocenters. The lowest BCUT2D eigenvalue weighted by Crippen LogP contribution is -2.46. The first-order valence-electron chi connectivity index (χ1n) is 17.5. The molecule has 12 heteroatoms. The summed E-state index contributed by atoms with van der Waals surface area (Å²) in [4.78, 5) is 16.5. The molecule has 47 heavy (non-hydrogen) atoms. The van der Waals surface area contributed by atoms with Crippen LogP contribution in [0.25, 0.3) is 22.6 Å². The van der Waals surface area contributed by atoms with Crippen LogP contribution in [0, 0.1) is 17.2 Å². The lowest BCUT2D eigenvalue weighted by molar-refractivity contribution is 0.0448. The number of hydrogen-bond donors (Lipinski definition) is 2. The Morgan fingerprint density at radius 2 is 1.94 bits per heavy atom. The number of aliphatic hydroxyl groups is 1. The van der Waals surface area contributed by atoms with E-state index in [-0.39, 0.29) is 6.04 Å². The van der Waals surface area contributed by atoms with Crippen LogP contribution in [0.5, 0.6) is 0 Å². The van der Waals surface area contributed by atoms with E-state index < -0.39 is 11.0 Å². The average Bonchev–Trinajstić information content (AvgIpc) is 3.84. The third-order valence-electron chi connectivity index (χ3n) is 12.1. The van der Waals surface area contributed by atoms with E-state index in [4.69, 9.17) is 30.5 Å². The van der Waals surface area contributed by atoms with Gasteiger partial charge in [0.05, 0.1) is 34.2 Å². The summed E-state index contributed by atoms with van der Waals surface area (Å²) in [6.45, 7) is 4.35. The minimum Gasteiger partial charge on any atom is -0.389 e. The average molecular weight is 654 g/mol. The fourth-order valence-electron chi connectivity index (χ4n) is 10.1. The predicted octanol–water partition coefficient (Wildman–Crippen LogP) is 5.35. The van der Waals surface area contributed by atoms with Crippen LogP contribution in [0.15, 0.2) is 10.7 Å². The highest BCUT2D eigenvalue weighted by Gasteiger charge is 2.49. The summed E-state index contributed by atoms with van der Waals surface area (Å²) < 4.78 is 8.55. The fourth-order valence-corrected chi connectivity index (χ4v) is 11.3. The van der Waals surface area contributed by atoms with Crippen LogP contribution < -0.4 is 10.6 Å². The minimum atomic E-state index is -0.798. The summed E-state index contributed by atoms with van der Waals surface area (Å²) in [5.41, 5.74) is 9.44. The maximum Gasteiger partial charge on any atom is 0.186 e. The standard InChI is InChI=1S/C35H43N9O2S/c1-34(45)12-6-15-43(19-34)32-23-18-38-44(24-9-3-7-20-11-16-42(2)28(20)24)33(23)40-31(39-32)27-21-8-4-13-35(29(21)46-41-27)14-5-10-25-26(35)22(17-36)30(37)47-25/h18,20,24,28,45H,3-16,19,37H2,1-2H3. The molecule has 0 aromatic carbocycles. The van der Waals surface area contributed by atoms with Crippen LogP contribution in [-0.4, -0.2) is 73.2 Å². The number of nitrogens with zero attached hydrogens (tertiary/aromatic N) is 8. The highest BCUT2D eigenvalue weighted by Crippen LogP contribution is 2.55. The van der Waals surface area contributed by atoms with E-state index in [0.29, 0.717) is 40.6 Å². The second kappa shape index (κ2) is 10.7. The van der Waals surface area contributed by atoms with Crippen LogP contribution in [0.2, 0.25) is 0 Å². The van der Waals surface area contributed by atoms with E-state index in [1.807, 2.05) is 13.1 Å². The summed E-state index contributed by atoms with van der Waals surface area (Å²) in [6, 6.07) is 3.11. The van der Waals surface area contributed by atoms with Gasteiger partial charge < -0.3 is 25.2 Å². The van der Waals surface area contributed by atoms with Gasteiger partial charge in [0.1, 0.15) is 16.9 Å². The quantitative estimate of drug-likeness (QED) is 0.297. The molecule has 3 N–H and O–H groups in total. The van der Waals surface area contributed by atoms with Crippen molar-refractivity contribution in [2.45, 2.75) is 107 Å². The number of likely N-dealkylation sites (N-methyl/N-ethyl adjacent to an activating group) is 1. The zero-order valence-corrected chi connectivity index (χ0v) is 28.2. The number of β-amino-alcohol motifs (C(OH)–C–C–N with tert-alkyl or cyclic N) is 1. The molecule has 2 saturated heterocycles. The largest absolute Gasteiger partial charge is 0.389 e. The Labute approximate surface area is 278 Å². The molecule has 5 unspecified atom stereocenters. The summed E-state index contributed by atoms with van der Waals surface area (Å²) in [6.07, 6.45) is 13.9. The van der Waals surface area contributed by atoms with Gasteiger partial charge in [-0.1, -0.05) is 11.6 Å². The Morgan fingerprint density at radius 1 is 1.09 bits per heavy atom. The number of likely N-dealkylation sites (tertiary alicyclic amines) is 1. The predicted molar refractivity (Wildman–Crippen MR) is 180 cm³/mol. The zero-order valence-electron chi connectivity index (χ0n) is 27.3. The fraction of sp³-hybridized carbons (Fsp3) is 0.629. The van der Waals surface area contributed by atoms with Crippen molar-refractivity contribution in [2.75, 3.05) is 37.3 Å². The van der Waals surface area contributed by atoms with Crippen molar-refractivity contribution in [3.63, 3.8) is 0 Å². The first-order chi connectivity index (χ1) is 22.8. The van der Waals surface area contributed by atoms with Gasteiger partial charge in [-0.3, -0.25) is 0 Å². The molecule has 0 amide bonds. The number of nitrogens with two attached hydrogens (primary N) is 1. The summed E-state index contributed by atoms with van der Waals surface area (Å²) in [7, 11) is 2.25. The molecule has 3 fully saturated rings. The van der Waals surface area contributed by atoms with Crippen molar-refractivity contribution < 1.29 is 9.63 Å². The number of anilines is 2. The molecule has 1 saturated carbocycles. The van der Waals surface area contributed by atoms with Gasteiger partial charge in [-0.2, -0.15) is 10.4 Å². The number of thiophene rings is 1. The van der Waals surface area contributed by atoms with Crippen molar-refractivity contribution >= 4 is 33.2 Å². The lowest BCUT2D eigenvalue weighted by Gasteiger charge is -2.39. The van der Waals surface area contributed by atoms with Crippen LogP contribution in [0.1, 0.15) is 105 Å². The third-order valence-corrected chi connectivity index (χ3v) is 13.2. The van der Waals surface area contributed by atoms with E-state index >= 15 is 0 Å². The van der Waals surface area contributed by atoms with Crippen molar-refractivity contribution in [3.05, 3.63) is 33.5 Å². The number of nitriles is 1. The van der Waals surface area contributed by atoms with E-state index in [0.717, 1.165) is 105 Å². The van der Waals surface area contributed by atoms with Crippen molar-refractivity contribution in [1.82, 2.24) is 29.8 Å². The summed E-state index contributed by atoms with van der Waals surface area (Å²) in [5, 5.41) is 32.6. The summed E-state index contributed by atoms with van der Waals surface area (Å²) >= 11 is 1.56. The van der Waals surface area contributed by atoms with Crippen LogP contribution in [-0.2, 0) is 18.3 Å². The van der Waals surface area contributed by atoms with Gasteiger partial charge in [0.15, 0.2) is 22.9 Å². The molecule has 9 rings (SSSR count). The van der Waals surface area contributed by atoms with Crippen molar-refractivity contribution in [1.29, 1.82) is 5.26 Å². The molecule has 6 heterocycles. The number of rotatable bonds is 3. The normalized spacial score (nSPS) is 30.8. The Hall–Kier alpha value is -3.53. The summed E-state index contributed by atoms with van der Waals surface area (Å²) in [5.74, 6) is 2.90. The maximum absolute atomic E-state index is 11.1. The molecule has 3 aliphatic carbocycles. The molecule has 1 spiro atoms. The molecule has 5 aliphatic rings. The highest BCUT2D eigenvalue weighted by atomic mass is 32.1. The molecule has 246 valence electrons.